The molecule has 3 fully saturated rings. The lowest BCUT2D eigenvalue weighted by atomic mass is 9.95. The van der Waals surface area contributed by atoms with Crippen LogP contribution in [-0.4, -0.2) is 119 Å². The van der Waals surface area contributed by atoms with Crippen LogP contribution in [0, 0.1) is 17.6 Å². The van der Waals surface area contributed by atoms with Gasteiger partial charge in [-0.2, -0.15) is 5.10 Å². The highest BCUT2D eigenvalue weighted by atomic mass is 19.1. The Bertz CT molecular complexity index is 2800. The molecule has 1 unspecified atom stereocenters. The summed E-state index contributed by atoms with van der Waals surface area (Å²) in [5.41, 5.74) is -0.600. The molecule has 5 aliphatic rings. The first-order valence-corrected chi connectivity index (χ1v) is 19.9. The smallest absolute Gasteiger partial charge is 0.265 e. The number of carbonyl (C=O) groups excluding carboxylic acids is 6. The van der Waals surface area contributed by atoms with Gasteiger partial charge in [0.05, 0.1) is 35.4 Å². The molecule has 18 heteroatoms. The van der Waals surface area contributed by atoms with Crippen LogP contribution in [-0.2, 0) is 32.2 Å². The first-order chi connectivity index (χ1) is 33.0. The number of imide groups is 2. The fraction of sp³-hybridized carbons (Fsp3) is 0.386. The van der Waals surface area contributed by atoms with E-state index in [1.165, 1.54) is 7.11 Å². The van der Waals surface area contributed by atoms with Gasteiger partial charge in [0.25, 0.3) is 23.6 Å². The summed E-state index contributed by atoms with van der Waals surface area (Å²) in [6, 6.07) is 14.5. The fourth-order valence-electron chi connectivity index (χ4n) is 8.43. The maximum Gasteiger partial charge on any atom is 0.265 e. The summed E-state index contributed by atoms with van der Waals surface area (Å²) >= 11 is 0. The Morgan fingerprint density at radius 2 is 1.66 bits per heavy atom. The third-order valence-corrected chi connectivity index (χ3v) is 11.7. The van der Waals surface area contributed by atoms with Crippen LogP contribution >= 0.6 is 0 Å². The molecule has 16 nitrogen and oxygen atoms in total. The van der Waals surface area contributed by atoms with Crippen molar-refractivity contribution in [3.8, 4) is 0 Å². The average molecular weight is 858 g/mol. The number of hydrogen-bond donors (Lipinski definition) is 3. The monoisotopic (exact) mass is 857 g/mol. The molecule has 0 aliphatic carbocycles. The quantitative estimate of drug-likeness (QED) is 0.199. The van der Waals surface area contributed by atoms with Gasteiger partial charge in [0, 0.05) is 81.4 Å². The number of benzene rings is 3. The number of H-pyrrole nitrogens is 1. The number of anilines is 3. The molecule has 62 heavy (non-hydrogen) atoms. The minimum Gasteiger partial charge on any atom is -0.372 e. The molecule has 0 saturated carbocycles. The number of nitrogens with one attached hydrogen (secondary N) is 3. The van der Waals surface area contributed by atoms with Gasteiger partial charge in [0.2, 0.25) is 11.8 Å². The van der Waals surface area contributed by atoms with Crippen LogP contribution in [0.15, 0.2) is 60.7 Å². The third kappa shape index (κ3) is 7.57. The summed E-state index contributed by atoms with van der Waals surface area (Å²) in [5.74, 6) is -9.25. The van der Waals surface area contributed by atoms with Crippen molar-refractivity contribution in [3.63, 3.8) is 0 Å². The SMILES string of the molecule is [2H]C1([2H])N(CC2CCN(c3ccc(C(=O)Nc4n[nH]c5c4CN(C(=O)[C@H](OC)c4ccccc4)C5)cc3)CC2)C([2H])([2H])C([2H])([2H])N(c2c(F)cc3c(c2F)C(=O)N(C2CCC(=O)NC2=O)C3=O)C1([2H])[2H]. The molecule has 0 bridgehead atoms. The molecular formula is C44H45F2N9O7. The molecule has 3 N–H and O–H groups in total. The Balaban J connectivity index is 0.851. The van der Waals surface area contributed by atoms with Gasteiger partial charge in [-0.1, -0.05) is 30.3 Å². The molecule has 6 amide bonds. The van der Waals surface area contributed by atoms with Crippen molar-refractivity contribution in [1.82, 2.24) is 30.2 Å². The van der Waals surface area contributed by atoms with Gasteiger partial charge in [0.15, 0.2) is 17.7 Å². The summed E-state index contributed by atoms with van der Waals surface area (Å²) in [4.78, 5) is 81.8. The number of fused-ring (bicyclic) bond motifs is 2. The van der Waals surface area contributed by atoms with Crippen LogP contribution in [0.1, 0.15) is 90.6 Å². The molecule has 3 aromatic carbocycles. The molecule has 5 aliphatic heterocycles. The third-order valence-electron chi connectivity index (χ3n) is 11.7. The van der Waals surface area contributed by atoms with Crippen molar-refractivity contribution in [2.45, 2.75) is 50.9 Å². The molecule has 0 radical (unpaired) electrons. The summed E-state index contributed by atoms with van der Waals surface area (Å²) in [6.07, 6.45) is -0.822. The lowest BCUT2D eigenvalue weighted by Crippen LogP contribution is -2.54. The standard InChI is InChI=1S/C44H45F2N9O7/c1-62-38(26-5-3-2-4-6-26)44(61)54-23-30-32(24-54)49-50-39(30)48-40(57)27-7-9-28(10-8-27)52-15-13-25(14-16-52)22-51-17-19-53(20-18-51)37-31(45)21-29-35(36(37)46)43(60)55(42(29)59)33-11-12-34(56)47-41(33)58/h2-10,21,25,33,38H,11-20,22-24H2,1H3,(H,47,56,58)(H2,48,49,50,57)/t33?,38-/m1/s1/i17D2,18D2,19D2,20D2. The van der Waals surface area contributed by atoms with Gasteiger partial charge in [-0.3, -0.25) is 49.0 Å². The molecular weight excluding hydrogens is 805 g/mol. The molecule has 3 saturated heterocycles. The molecule has 9 rings (SSSR count). The van der Waals surface area contributed by atoms with E-state index in [0.717, 1.165) is 5.69 Å². The second-order valence-corrected chi connectivity index (χ2v) is 15.5. The van der Waals surface area contributed by atoms with Gasteiger partial charge in [0.1, 0.15) is 17.5 Å². The van der Waals surface area contributed by atoms with Gasteiger partial charge >= 0.3 is 0 Å². The number of aromatic nitrogens is 2. The van der Waals surface area contributed by atoms with E-state index in [4.69, 9.17) is 15.7 Å². The Morgan fingerprint density at radius 3 is 2.35 bits per heavy atom. The summed E-state index contributed by atoms with van der Waals surface area (Å²) < 4.78 is 110. The molecule has 6 heterocycles. The van der Waals surface area contributed by atoms with Crippen molar-refractivity contribution in [1.29, 1.82) is 0 Å². The highest BCUT2D eigenvalue weighted by Crippen LogP contribution is 2.37. The van der Waals surface area contributed by atoms with Gasteiger partial charge in [-0.25, -0.2) is 8.78 Å². The lowest BCUT2D eigenvalue weighted by molar-refractivity contribution is -0.143. The van der Waals surface area contributed by atoms with Crippen molar-refractivity contribution in [3.05, 3.63) is 106 Å². The van der Waals surface area contributed by atoms with E-state index >= 15 is 8.78 Å². The number of halogens is 2. The number of ether oxygens (including phenoxy) is 1. The van der Waals surface area contributed by atoms with E-state index in [-0.39, 0.29) is 42.6 Å². The van der Waals surface area contributed by atoms with Crippen LogP contribution in [0.3, 0.4) is 0 Å². The number of piperazine rings is 1. The second-order valence-electron chi connectivity index (χ2n) is 15.5. The van der Waals surface area contributed by atoms with Gasteiger partial charge in [-0.15, -0.1) is 0 Å². The van der Waals surface area contributed by atoms with Gasteiger partial charge < -0.3 is 24.8 Å². The van der Waals surface area contributed by atoms with Crippen LogP contribution in [0.2, 0.25) is 0 Å². The first kappa shape index (κ1) is 32.2. The van der Waals surface area contributed by atoms with E-state index in [1.54, 1.807) is 41.3 Å². The van der Waals surface area contributed by atoms with Crippen molar-refractivity contribution in [2.24, 2.45) is 5.92 Å². The number of nitrogens with zero attached hydrogens (tertiary/aromatic N) is 6. The second kappa shape index (κ2) is 16.7. The lowest BCUT2D eigenvalue weighted by Gasteiger charge is -2.40. The number of rotatable bonds is 10. The Kier molecular flexibility index (Phi) is 8.70. The highest BCUT2D eigenvalue weighted by Gasteiger charge is 2.47. The molecule has 0 spiro atoms. The maximum atomic E-state index is 16.6. The van der Waals surface area contributed by atoms with E-state index in [2.05, 4.69) is 15.5 Å². The van der Waals surface area contributed by atoms with E-state index in [1.807, 2.05) is 28.4 Å². The largest absolute Gasteiger partial charge is 0.372 e. The number of amides is 6. The fourth-order valence-corrected chi connectivity index (χ4v) is 8.43. The zero-order chi connectivity index (χ0) is 50.4. The minimum absolute atomic E-state index is 0.200. The summed E-state index contributed by atoms with van der Waals surface area (Å²) in [5, 5.41) is 11.9. The van der Waals surface area contributed by atoms with Crippen LogP contribution in [0.25, 0.3) is 0 Å². The molecule has 4 aromatic rings. The maximum absolute atomic E-state index is 16.6. The van der Waals surface area contributed by atoms with Gasteiger partial charge in [-0.05, 0) is 61.1 Å². The zero-order valence-corrected chi connectivity index (χ0v) is 33.2. The van der Waals surface area contributed by atoms with E-state index in [9.17, 15) is 28.8 Å². The summed E-state index contributed by atoms with van der Waals surface area (Å²) in [7, 11) is 1.46. The van der Waals surface area contributed by atoms with E-state index in [0.29, 0.717) is 64.2 Å². The van der Waals surface area contributed by atoms with Crippen molar-refractivity contribution < 1.29 is 53.3 Å². The summed E-state index contributed by atoms with van der Waals surface area (Å²) in [6.45, 7) is -13.8. The van der Waals surface area contributed by atoms with Crippen molar-refractivity contribution in [2.75, 3.05) is 67.8 Å². The Hall–Kier alpha value is -6.53. The average Bonchev–Trinajstić information content (AvgIpc) is 3.98. The molecule has 1 aromatic heterocycles. The number of carbonyl (C=O) groups is 6. The minimum atomic E-state index is -3.74. The Labute approximate surface area is 366 Å². The predicted molar refractivity (Wildman–Crippen MR) is 220 cm³/mol. The van der Waals surface area contributed by atoms with Crippen LogP contribution in [0.5, 0.6) is 0 Å². The van der Waals surface area contributed by atoms with Crippen LogP contribution < -0.4 is 20.4 Å². The number of piperidine rings is 2. The predicted octanol–water partition coefficient (Wildman–Crippen LogP) is 3.61. The number of aromatic amines is 1. The van der Waals surface area contributed by atoms with E-state index < -0.39 is 109 Å². The Morgan fingerprint density at radius 1 is 0.935 bits per heavy atom. The van der Waals surface area contributed by atoms with Crippen molar-refractivity contribution >= 4 is 52.6 Å². The molecule has 322 valence electrons. The van der Waals surface area contributed by atoms with Crippen LogP contribution in [0.4, 0.5) is 26.0 Å². The topological polar surface area (TPSA) is 181 Å². The number of methoxy groups -OCH3 is 1. The molecule has 2 atom stereocenters. The highest BCUT2D eigenvalue weighted by molar-refractivity contribution is 6.24. The zero-order valence-electron chi connectivity index (χ0n) is 41.2. The number of hydrogen-bond acceptors (Lipinski definition) is 11. The first-order valence-electron chi connectivity index (χ1n) is 23.9. The normalized spacial score (nSPS) is 25.2.